The normalized spacial score (nSPS) is 27.0. The molecule has 4 rings (SSSR count). The number of Topliss-reactive ketones (excluding diaryl/α,β-unsaturated/α-hetero) is 1. The van der Waals surface area contributed by atoms with Crippen molar-refractivity contribution in [2.24, 2.45) is 22.7 Å². The molecule has 1 unspecified atom stereocenters. The van der Waals surface area contributed by atoms with Gasteiger partial charge in [-0.1, -0.05) is 32.0 Å². The van der Waals surface area contributed by atoms with E-state index >= 15 is 0 Å². The lowest BCUT2D eigenvalue weighted by molar-refractivity contribution is -0.128. The third-order valence-electron chi connectivity index (χ3n) is 8.53. The number of sulfonamides is 1. The van der Waals surface area contributed by atoms with Crippen molar-refractivity contribution in [2.75, 3.05) is 31.9 Å². The van der Waals surface area contributed by atoms with Crippen LogP contribution in [0, 0.1) is 22.7 Å². The second-order valence-electron chi connectivity index (χ2n) is 10.5. The molecular formula is C25H35N3O5S. The monoisotopic (exact) mass is 489 g/mol. The van der Waals surface area contributed by atoms with Gasteiger partial charge in [0.05, 0.1) is 5.75 Å². The molecule has 9 heteroatoms. The summed E-state index contributed by atoms with van der Waals surface area (Å²) >= 11 is 0. The molecule has 34 heavy (non-hydrogen) atoms. The molecule has 1 aliphatic heterocycles. The molecule has 0 radical (unpaired) electrons. The Bertz CT molecular complexity index is 1050. The second kappa shape index (κ2) is 9.41. The molecule has 2 N–H and O–H groups in total. The summed E-state index contributed by atoms with van der Waals surface area (Å²) in [6.07, 6.45) is 2.98. The van der Waals surface area contributed by atoms with E-state index in [1.807, 2.05) is 19.9 Å². The van der Waals surface area contributed by atoms with Crippen LogP contribution in [0.2, 0.25) is 0 Å². The number of carbonyl (C=O) groups is 3. The zero-order chi connectivity index (χ0) is 24.6. The van der Waals surface area contributed by atoms with E-state index in [2.05, 4.69) is 10.6 Å². The van der Waals surface area contributed by atoms with E-state index in [4.69, 9.17) is 0 Å². The van der Waals surface area contributed by atoms with Crippen LogP contribution < -0.4 is 10.6 Å². The van der Waals surface area contributed by atoms with Crippen molar-refractivity contribution >= 4 is 27.6 Å². The highest BCUT2D eigenvalue weighted by atomic mass is 32.2. The molecule has 2 aliphatic carbocycles. The molecule has 2 atom stereocenters. The maximum Gasteiger partial charge on any atom is 0.251 e. The number of nitrogens with one attached hydrogen (secondary N) is 2. The number of piperidine rings is 1. The van der Waals surface area contributed by atoms with Gasteiger partial charge in [0, 0.05) is 49.5 Å². The molecule has 1 aromatic rings. The number of rotatable bonds is 8. The van der Waals surface area contributed by atoms with Crippen molar-refractivity contribution in [3.63, 3.8) is 0 Å². The third-order valence-corrected chi connectivity index (χ3v) is 10.5. The number of ketones is 1. The molecule has 8 nitrogen and oxygen atoms in total. The number of carbonyl (C=O) groups excluding carboxylic acids is 3. The SMILES string of the molecule is CC1(C)C2CC[C@@]1(CS(=O)(=O)N1CCC(C(=O)NCCNC(=O)c3ccccc3)CC1)C(=O)C2. The molecule has 1 aromatic carbocycles. The first-order valence-corrected chi connectivity index (χ1v) is 13.8. The van der Waals surface area contributed by atoms with Gasteiger partial charge in [0.15, 0.2) is 0 Å². The Morgan fingerprint density at radius 2 is 1.68 bits per heavy atom. The van der Waals surface area contributed by atoms with Gasteiger partial charge in [-0.2, -0.15) is 0 Å². The molecule has 2 amide bonds. The van der Waals surface area contributed by atoms with Crippen LogP contribution in [0.1, 0.15) is 56.3 Å². The highest BCUT2D eigenvalue weighted by Gasteiger charge is 2.65. The van der Waals surface area contributed by atoms with Crippen molar-refractivity contribution in [3.8, 4) is 0 Å². The Labute approximate surface area is 201 Å². The Morgan fingerprint density at radius 3 is 2.26 bits per heavy atom. The van der Waals surface area contributed by atoms with Gasteiger partial charge >= 0.3 is 0 Å². The van der Waals surface area contributed by atoms with E-state index in [9.17, 15) is 22.8 Å². The van der Waals surface area contributed by atoms with Gasteiger partial charge in [-0.05, 0) is 49.1 Å². The smallest absolute Gasteiger partial charge is 0.251 e. The number of fused-ring (bicyclic) bond motifs is 2. The summed E-state index contributed by atoms with van der Waals surface area (Å²) < 4.78 is 28.0. The first kappa shape index (κ1) is 24.9. The molecule has 1 saturated heterocycles. The van der Waals surface area contributed by atoms with Gasteiger partial charge in [0.25, 0.3) is 5.91 Å². The summed E-state index contributed by atoms with van der Waals surface area (Å²) in [5.41, 5.74) is -0.488. The van der Waals surface area contributed by atoms with Crippen LogP contribution in [-0.4, -0.2) is 62.3 Å². The van der Waals surface area contributed by atoms with Crippen LogP contribution in [0.3, 0.4) is 0 Å². The molecule has 2 saturated carbocycles. The van der Waals surface area contributed by atoms with Gasteiger partial charge in [0.2, 0.25) is 15.9 Å². The van der Waals surface area contributed by atoms with Gasteiger partial charge < -0.3 is 10.6 Å². The van der Waals surface area contributed by atoms with Crippen molar-refractivity contribution in [3.05, 3.63) is 35.9 Å². The fraction of sp³-hybridized carbons (Fsp3) is 0.640. The highest BCUT2D eigenvalue weighted by Crippen LogP contribution is 2.64. The number of nitrogens with zero attached hydrogens (tertiary/aromatic N) is 1. The van der Waals surface area contributed by atoms with Crippen LogP contribution in [0.4, 0.5) is 0 Å². The zero-order valence-electron chi connectivity index (χ0n) is 20.0. The van der Waals surface area contributed by atoms with Crippen LogP contribution in [0.25, 0.3) is 0 Å². The molecule has 3 fully saturated rings. The Balaban J connectivity index is 1.23. The van der Waals surface area contributed by atoms with Crippen molar-refractivity contribution < 1.29 is 22.8 Å². The minimum absolute atomic E-state index is 0.103. The summed E-state index contributed by atoms with van der Waals surface area (Å²) in [5, 5.41) is 5.61. The van der Waals surface area contributed by atoms with Crippen molar-refractivity contribution in [2.45, 2.75) is 46.0 Å². The average Bonchev–Trinajstić information content (AvgIpc) is 3.16. The Kier molecular flexibility index (Phi) is 6.88. The molecular weight excluding hydrogens is 454 g/mol. The predicted molar refractivity (Wildman–Crippen MR) is 128 cm³/mol. The predicted octanol–water partition coefficient (Wildman–Crippen LogP) is 1.97. The topological polar surface area (TPSA) is 113 Å². The van der Waals surface area contributed by atoms with E-state index < -0.39 is 15.4 Å². The van der Waals surface area contributed by atoms with E-state index in [1.54, 1.807) is 24.3 Å². The van der Waals surface area contributed by atoms with Crippen LogP contribution in [0.15, 0.2) is 30.3 Å². The second-order valence-corrected chi connectivity index (χ2v) is 12.5. The fourth-order valence-corrected chi connectivity index (χ4v) is 8.35. The van der Waals surface area contributed by atoms with E-state index in [1.165, 1.54) is 4.31 Å². The summed E-state index contributed by atoms with van der Waals surface area (Å²) in [7, 11) is -3.59. The average molecular weight is 490 g/mol. The summed E-state index contributed by atoms with van der Waals surface area (Å²) in [4.78, 5) is 37.3. The van der Waals surface area contributed by atoms with Crippen LogP contribution in [-0.2, 0) is 19.6 Å². The first-order valence-electron chi connectivity index (χ1n) is 12.2. The molecule has 0 spiro atoms. The molecule has 3 aliphatic rings. The number of amides is 2. The van der Waals surface area contributed by atoms with Gasteiger partial charge in [-0.3, -0.25) is 14.4 Å². The van der Waals surface area contributed by atoms with E-state index in [0.29, 0.717) is 57.4 Å². The lowest BCUT2D eigenvalue weighted by Crippen LogP contribution is -2.49. The van der Waals surface area contributed by atoms with Gasteiger partial charge in [0.1, 0.15) is 5.78 Å². The highest BCUT2D eigenvalue weighted by molar-refractivity contribution is 7.89. The maximum atomic E-state index is 13.3. The Hall–Kier alpha value is -2.26. The molecule has 186 valence electrons. The lowest BCUT2D eigenvalue weighted by Gasteiger charge is -2.39. The fourth-order valence-electron chi connectivity index (χ4n) is 6.10. The minimum atomic E-state index is -3.59. The first-order chi connectivity index (χ1) is 16.1. The number of benzene rings is 1. The van der Waals surface area contributed by atoms with Gasteiger partial charge in [-0.25, -0.2) is 12.7 Å². The largest absolute Gasteiger partial charge is 0.354 e. The van der Waals surface area contributed by atoms with Crippen molar-refractivity contribution in [1.29, 1.82) is 0 Å². The number of hydrogen-bond donors (Lipinski definition) is 2. The standard InChI is InChI=1S/C25H35N3O5S/c1-24(2)20-8-11-25(24,21(29)16-20)17-34(32,33)28-14-9-19(10-15-28)23(31)27-13-12-26-22(30)18-6-4-3-5-7-18/h3-7,19-20H,8-17H2,1-2H3,(H,26,30)(H,27,31)/t20?,25-/m1/s1. The molecule has 2 bridgehead atoms. The number of hydrogen-bond acceptors (Lipinski definition) is 5. The zero-order valence-corrected chi connectivity index (χ0v) is 20.8. The van der Waals surface area contributed by atoms with Crippen LogP contribution in [0.5, 0.6) is 0 Å². The lowest BCUT2D eigenvalue weighted by atomic mass is 9.70. The van der Waals surface area contributed by atoms with E-state index in [0.717, 1.165) is 6.42 Å². The maximum absolute atomic E-state index is 13.3. The third kappa shape index (κ3) is 4.52. The quantitative estimate of drug-likeness (QED) is 0.542. The van der Waals surface area contributed by atoms with E-state index in [-0.39, 0.29) is 40.6 Å². The molecule has 0 aromatic heterocycles. The van der Waals surface area contributed by atoms with Crippen LogP contribution >= 0.6 is 0 Å². The molecule has 1 heterocycles. The summed E-state index contributed by atoms with van der Waals surface area (Å²) in [6.45, 7) is 5.31. The summed E-state index contributed by atoms with van der Waals surface area (Å²) in [6, 6.07) is 8.88. The Morgan fingerprint density at radius 1 is 1.03 bits per heavy atom. The minimum Gasteiger partial charge on any atom is -0.354 e. The van der Waals surface area contributed by atoms with Crippen molar-refractivity contribution in [1.82, 2.24) is 14.9 Å². The van der Waals surface area contributed by atoms with Gasteiger partial charge in [-0.15, -0.1) is 0 Å². The summed E-state index contributed by atoms with van der Waals surface area (Å²) in [5.74, 6) is -0.288.